The van der Waals surface area contributed by atoms with E-state index in [1.54, 1.807) is 24.3 Å². The second-order valence-corrected chi connectivity index (χ2v) is 5.87. The molecule has 6 heteroatoms. The van der Waals surface area contributed by atoms with E-state index in [1.165, 1.54) is 18.0 Å². The number of carbonyl (C=O) groups excluding carboxylic acids is 2. The van der Waals surface area contributed by atoms with Gasteiger partial charge in [0.2, 0.25) is 5.91 Å². The summed E-state index contributed by atoms with van der Waals surface area (Å²) in [5, 5.41) is 0. The molecule has 0 fully saturated rings. The molecule has 2 rings (SSSR count). The Morgan fingerprint density at radius 2 is 1.73 bits per heavy atom. The molecular weight excluding hydrogens is 340 g/mol. The minimum absolute atomic E-state index is 0.0161. The van der Waals surface area contributed by atoms with Crippen molar-refractivity contribution in [3.63, 3.8) is 0 Å². The maximum atomic E-state index is 13.7. The predicted molar refractivity (Wildman–Crippen MR) is 94.0 cm³/mol. The maximum Gasteiger partial charge on any atom is 0.223 e. The molecule has 0 aliphatic rings. The van der Waals surface area contributed by atoms with Gasteiger partial charge in [-0.05, 0) is 37.3 Å². The number of amides is 1. The summed E-state index contributed by atoms with van der Waals surface area (Å²) in [7, 11) is 1.52. The first-order valence-corrected chi connectivity index (χ1v) is 8.34. The van der Waals surface area contributed by atoms with Gasteiger partial charge in [0.1, 0.15) is 17.4 Å². The summed E-state index contributed by atoms with van der Waals surface area (Å²) in [5.41, 5.74) is 0.730. The van der Waals surface area contributed by atoms with Gasteiger partial charge in [0.15, 0.2) is 5.78 Å². The molecule has 0 saturated heterocycles. The summed E-state index contributed by atoms with van der Waals surface area (Å²) in [6.45, 7) is 2.43. The zero-order valence-corrected chi connectivity index (χ0v) is 14.8. The highest BCUT2D eigenvalue weighted by Crippen LogP contribution is 2.15. The van der Waals surface area contributed by atoms with Crippen LogP contribution >= 0.6 is 0 Å². The lowest BCUT2D eigenvalue weighted by atomic mass is 10.1. The average Bonchev–Trinajstić information content (AvgIpc) is 2.62. The highest BCUT2D eigenvalue weighted by atomic mass is 19.1. The van der Waals surface area contributed by atoms with Crippen LogP contribution in [-0.4, -0.2) is 30.2 Å². The molecule has 26 heavy (non-hydrogen) atoms. The molecule has 0 aliphatic heterocycles. The van der Waals surface area contributed by atoms with E-state index in [-0.39, 0.29) is 36.6 Å². The minimum atomic E-state index is -0.699. The van der Waals surface area contributed by atoms with Gasteiger partial charge < -0.3 is 9.64 Å². The van der Waals surface area contributed by atoms with Crippen LogP contribution in [0.4, 0.5) is 8.78 Å². The van der Waals surface area contributed by atoms with Crippen LogP contribution < -0.4 is 4.74 Å². The molecule has 2 aromatic carbocycles. The fourth-order valence-electron chi connectivity index (χ4n) is 2.45. The van der Waals surface area contributed by atoms with E-state index in [4.69, 9.17) is 4.74 Å². The molecular formula is C20H21F2NO3. The third-order valence-corrected chi connectivity index (χ3v) is 3.90. The Labute approximate surface area is 151 Å². The van der Waals surface area contributed by atoms with Crippen molar-refractivity contribution >= 4 is 11.7 Å². The molecule has 0 heterocycles. The molecule has 0 bridgehead atoms. The van der Waals surface area contributed by atoms with Crippen LogP contribution in [0.1, 0.15) is 35.7 Å². The minimum Gasteiger partial charge on any atom is -0.494 e. The molecule has 0 radical (unpaired) electrons. The quantitative estimate of drug-likeness (QED) is 0.668. The van der Waals surface area contributed by atoms with Crippen LogP contribution in [0.2, 0.25) is 0 Å². The van der Waals surface area contributed by atoms with E-state index in [0.717, 1.165) is 12.1 Å². The molecule has 0 aliphatic carbocycles. The van der Waals surface area contributed by atoms with E-state index in [9.17, 15) is 18.4 Å². The second-order valence-electron chi connectivity index (χ2n) is 5.87. The van der Waals surface area contributed by atoms with E-state index < -0.39 is 11.6 Å². The number of ketones is 1. The topological polar surface area (TPSA) is 46.6 Å². The number of ether oxygens (including phenoxy) is 1. The molecule has 0 spiro atoms. The largest absolute Gasteiger partial charge is 0.494 e. The number of rotatable bonds is 8. The third-order valence-electron chi connectivity index (χ3n) is 3.90. The average molecular weight is 361 g/mol. The molecule has 1 amide bonds. The molecule has 0 unspecified atom stereocenters. The molecule has 138 valence electrons. The zero-order valence-electron chi connectivity index (χ0n) is 14.8. The summed E-state index contributed by atoms with van der Waals surface area (Å²) < 4.78 is 31.9. The Hall–Kier alpha value is -2.76. The SMILES string of the molecule is CCOc1ccc(C(=O)CCC(=O)N(C)Cc2ccc(F)cc2F)cc1. The van der Waals surface area contributed by atoms with Crippen LogP contribution in [0.3, 0.4) is 0 Å². The van der Waals surface area contributed by atoms with Crippen LogP contribution in [0.5, 0.6) is 5.75 Å². The first-order valence-electron chi connectivity index (χ1n) is 8.34. The van der Waals surface area contributed by atoms with Gasteiger partial charge in [-0.25, -0.2) is 8.78 Å². The van der Waals surface area contributed by atoms with Crippen molar-refractivity contribution in [2.75, 3.05) is 13.7 Å². The molecule has 0 N–H and O–H groups in total. The summed E-state index contributed by atoms with van der Waals surface area (Å²) in [5.74, 6) is -1.12. The number of hydrogen-bond acceptors (Lipinski definition) is 3. The standard InChI is InChI=1S/C20H21F2NO3/c1-3-26-17-8-5-14(6-9-17)19(24)10-11-20(25)23(2)13-15-4-7-16(21)12-18(15)22/h4-9,12H,3,10-11,13H2,1-2H3. The van der Waals surface area contributed by atoms with Crippen LogP contribution in [0.25, 0.3) is 0 Å². The van der Waals surface area contributed by atoms with Gasteiger partial charge in [-0.1, -0.05) is 6.07 Å². The number of carbonyl (C=O) groups is 2. The number of hydrogen-bond donors (Lipinski definition) is 0. The number of Topliss-reactive ketones (excluding diaryl/α,β-unsaturated/α-hetero) is 1. The van der Waals surface area contributed by atoms with E-state index in [0.29, 0.717) is 17.9 Å². The van der Waals surface area contributed by atoms with Crippen molar-refractivity contribution in [3.05, 3.63) is 65.2 Å². The molecule has 4 nitrogen and oxygen atoms in total. The monoisotopic (exact) mass is 361 g/mol. The van der Waals surface area contributed by atoms with Crippen molar-refractivity contribution < 1.29 is 23.1 Å². The summed E-state index contributed by atoms with van der Waals surface area (Å²) in [6, 6.07) is 9.98. The first-order chi connectivity index (χ1) is 12.4. The van der Waals surface area contributed by atoms with Gasteiger partial charge in [0, 0.05) is 43.6 Å². The highest BCUT2D eigenvalue weighted by Gasteiger charge is 2.15. The Morgan fingerprint density at radius 1 is 1.04 bits per heavy atom. The molecule has 2 aromatic rings. The normalized spacial score (nSPS) is 10.5. The number of nitrogens with zero attached hydrogens (tertiary/aromatic N) is 1. The zero-order chi connectivity index (χ0) is 19.1. The number of benzene rings is 2. The third kappa shape index (κ3) is 5.37. The Bertz CT molecular complexity index is 775. The van der Waals surface area contributed by atoms with Gasteiger partial charge in [-0.15, -0.1) is 0 Å². The lowest BCUT2D eigenvalue weighted by Gasteiger charge is -2.17. The van der Waals surface area contributed by atoms with Crippen molar-refractivity contribution in [1.82, 2.24) is 4.90 Å². The smallest absolute Gasteiger partial charge is 0.223 e. The van der Waals surface area contributed by atoms with Gasteiger partial charge in [0.25, 0.3) is 0 Å². The molecule has 0 aromatic heterocycles. The second kappa shape index (κ2) is 9.08. The number of halogens is 2. The van der Waals surface area contributed by atoms with Crippen LogP contribution in [-0.2, 0) is 11.3 Å². The summed E-state index contributed by atoms with van der Waals surface area (Å²) >= 11 is 0. The van der Waals surface area contributed by atoms with Crippen molar-refractivity contribution in [3.8, 4) is 5.75 Å². The predicted octanol–water partition coefficient (Wildman–Crippen LogP) is 3.99. The van der Waals surface area contributed by atoms with Crippen molar-refractivity contribution in [2.24, 2.45) is 0 Å². The maximum absolute atomic E-state index is 13.7. The Morgan fingerprint density at radius 3 is 2.35 bits per heavy atom. The van der Waals surface area contributed by atoms with Gasteiger partial charge >= 0.3 is 0 Å². The van der Waals surface area contributed by atoms with E-state index in [1.807, 2.05) is 6.92 Å². The summed E-state index contributed by atoms with van der Waals surface area (Å²) in [4.78, 5) is 25.7. The Kier molecular flexibility index (Phi) is 6.83. The molecule has 0 saturated carbocycles. The van der Waals surface area contributed by atoms with Gasteiger partial charge in [0.05, 0.1) is 6.61 Å². The van der Waals surface area contributed by atoms with E-state index >= 15 is 0 Å². The summed E-state index contributed by atoms with van der Waals surface area (Å²) in [6.07, 6.45) is 0.0778. The Balaban J connectivity index is 1.87. The first kappa shape index (κ1) is 19.6. The van der Waals surface area contributed by atoms with Gasteiger partial charge in [-0.3, -0.25) is 9.59 Å². The molecule has 0 atom stereocenters. The van der Waals surface area contributed by atoms with Gasteiger partial charge in [-0.2, -0.15) is 0 Å². The highest BCUT2D eigenvalue weighted by molar-refractivity contribution is 5.98. The van der Waals surface area contributed by atoms with Crippen molar-refractivity contribution in [2.45, 2.75) is 26.3 Å². The van der Waals surface area contributed by atoms with Crippen LogP contribution in [0.15, 0.2) is 42.5 Å². The fraction of sp³-hybridized carbons (Fsp3) is 0.300. The lowest BCUT2D eigenvalue weighted by molar-refractivity contribution is -0.130. The van der Waals surface area contributed by atoms with Crippen LogP contribution in [0, 0.1) is 11.6 Å². The van der Waals surface area contributed by atoms with E-state index in [2.05, 4.69) is 0 Å². The van der Waals surface area contributed by atoms with Crippen molar-refractivity contribution in [1.29, 1.82) is 0 Å². The lowest BCUT2D eigenvalue weighted by Crippen LogP contribution is -2.27. The fourth-order valence-corrected chi connectivity index (χ4v) is 2.45.